The Morgan fingerprint density at radius 1 is 1.37 bits per heavy atom. The van der Waals surface area contributed by atoms with Crippen LogP contribution in [0.3, 0.4) is 0 Å². The molecule has 1 aliphatic carbocycles. The van der Waals surface area contributed by atoms with Crippen LogP contribution in [-0.4, -0.2) is 11.0 Å². The molecule has 19 heavy (non-hydrogen) atoms. The van der Waals surface area contributed by atoms with Gasteiger partial charge in [0.25, 0.3) is 0 Å². The molecule has 1 aromatic rings. The van der Waals surface area contributed by atoms with Gasteiger partial charge in [-0.05, 0) is 49.8 Å². The predicted molar refractivity (Wildman–Crippen MR) is 81.9 cm³/mol. The minimum Gasteiger partial charge on any atom is -0.389 e. The van der Waals surface area contributed by atoms with E-state index in [0.29, 0.717) is 11.6 Å². The zero-order valence-corrected chi connectivity index (χ0v) is 12.1. The Hall–Kier alpha value is -1.16. The summed E-state index contributed by atoms with van der Waals surface area (Å²) in [6, 6.07) is 5.44. The van der Waals surface area contributed by atoms with Gasteiger partial charge >= 0.3 is 0 Å². The maximum Gasteiger partial charge on any atom is 0.135 e. The van der Waals surface area contributed by atoms with E-state index in [-0.39, 0.29) is 10.8 Å². The van der Waals surface area contributed by atoms with Crippen LogP contribution in [0.2, 0.25) is 0 Å². The summed E-state index contributed by atoms with van der Waals surface area (Å²) in [5.74, 6) is 0.520. The van der Waals surface area contributed by atoms with Crippen LogP contribution in [0.1, 0.15) is 44.6 Å². The van der Waals surface area contributed by atoms with Crippen molar-refractivity contribution in [1.29, 1.82) is 0 Å². The molecule has 3 N–H and O–H groups in total. The molecule has 0 radical (unpaired) electrons. The molecule has 1 fully saturated rings. The van der Waals surface area contributed by atoms with Crippen molar-refractivity contribution in [2.45, 2.75) is 45.1 Å². The van der Waals surface area contributed by atoms with Gasteiger partial charge in [0.05, 0.1) is 0 Å². The van der Waals surface area contributed by atoms with Crippen LogP contribution in [0.5, 0.6) is 0 Å². The Bertz CT molecular complexity index is 453. The second-order valence-corrected chi connectivity index (χ2v) is 5.77. The summed E-state index contributed by atoms with van der Waals surface area (Å²) in [5, 5.41) is 3.41. The van der Waals surface area contributed by atoms with Crippen molar-refractivity contribution >= 4 is 22.9 Å². The first-order valence-electron chi connectivity index (χ1n) is 6.96. The average Bonchev–Trinajstić information content (AvgIpc) is 2.39. The maximum absolute atomic E-state index is 13.8. The van der Waals surface area contributed by atoms with Gasteiger partial charge in [0, 0.05) is 17.3 Å². The Morgan fingerprint density at radius 2 is 2.05 bits per heavy atom. The van der Waals surface area contributed by atoms with Crippen molar-refractivity contribution in [2.24, 2.45) is 11.7 Å². The molecule has 2 nitrogen and oxygen atoms in total. The van der Waals surface area contributed by atoms with E-state index in [2.05, 4.69) is 12.2 Å². The van der Waals surface area contributed by atoms with Gasteiger partial charge in [0.15, 0.2) is 0 Å². The van der Waals surface area contributed by atoms with Crippen LogP contribution in [-0.2, 0) is 0 Å². The summed E-state index contributed by atoms with van der Waals surface area (Å²) in [6.45, 7) is 2.25. The fourth-order valence-electron chi connectivity index (χ4n) is 2.76. The molecule has 4 heteroatoms. The first-order valence-corrected chi connectivity index (χ1v) is 7.37. The van der Waals surface area contributed by atoms with Crippen LogP contribution < -0.4 is 11.1 Å². The lowest BCUT2D eigenvalue weighted by molar-refractivity contribution is 0.330. The zero-order valence-electron chi connectivity index (χ0n) is 11.3. The Balaban J connectivity index is 1.97. The van der Waals surface area contributed by atoms with Gasteiger partial charge in [-0.3, -0.25) is 0 Å². The standard InChI is InChI=1S/C15H21FN2S/c1-2-10-3-5-11(6-4-10)18-12-7-8-13(15(17)19)14(16)9-12/h7-11,18H,2-6H2,1H3,(H2,17,19). The lowest BCUT2D eigenvalue weighted by Gasteiger charge is -2.29. The third kappa shape index (κ3) is 3.66. The van der Waals surface area contributed by atoms with Gasteiger partial charge in [0.1, 0.15) is 10.8 Å². The van der Waals surface area contributed by atoms with E-state index in [0.717, 1.165) is 24.4 Å². The van der Waals surface area contributed by atoms with E-state index in [9.17, 15) is 4.39 Å². The Morgan fingerprint density at radius 3 is 2.58 bits per heavy atom. The van der Waals surface area contributed by atoms with Gasteiger partial charge in [0.2, 0.25) is 0 Å². The highest BCUT2D eigenvalue weighted by Crippen LogP contribution is 2.28. The highest BCUT2D eigenvalue weighted by atomic mass is 32.1. The van der Waals surface area contributed by atoms with E-state index >= 15 is 0 Å². The molecule has 0 amide bonds. The maximum atomic E-state index is 13.8. The highest BCUT2D eigenvalue weighted by molar-refractivity contribution is 7.80. The van der Waals surface area contributed by atoms with Crippen molar-refractivity contribution < 1.29 is 4.39 Å². The summed E-state index contributed by atoms with van der Waals surface area (Å²) in [4.78, 5) is 0.104. The van der Waals surface area contributed by atoms with Crippen molar-refractivity contribution in [2.75, 3.05) is 5.32 Å². The summed E-state index contributed by atoms with van der Waals surface area (Å²) in [6.07, 6.45) is 6.13. The van der Waals surface area contributed by atoms with E-state index in [1.807, 2.05) is 6.07 Å². The van der Waals surface area contributed by atoms with E-state index in [1.165, 1.54) is 25.3 Å². The zero-order chi connectivity index (χ0) is 13.8. The summed E-state index contributed by atoms with van der Waals surface area (Å²) >= 11 is 4.80. The molecule has 0 aromatic heterocycles. The topological polar surface area (TPSA) is 38.0 Å². The Labute approximate surface area is 119 Å². The second-order valence-electron chi connectivity index (χ2n) is 5.33. The number of halogens is 1. The fraction of sp³-hybridized carbons (Fsp3) is 0.533. The number of hydrogen-bond donors (Lipinski definition) is 2. The molecule has 2 rings (SSSR count). The summed E-state index contributed by atoms with van der Waals surface area (Å²) < 4.78 is 13.8. The number of nitrogens with one attached hydrogen (secondary N) is 1. The number of thiocarbonyl (C=S) groups is 1. The van der Waals surface area contributed by atoms with Gasteiger partial charge < -0.3 is 11.1 Å². The lowest BCUT2D eigenvalue weighted by atomic mass is 9.84. The van der Waals surface area contributed by atoms with Crippen LogP contribution >= 0.6 is 12.2 Å². The average molecular weight is 280 g/mol. The van der Waals surface area contributed by atoms with Crippen LogP contribution in [0.25, 0.3) is 0 Å². The van der Waals surface area contributed by atoms with Crippen LogP contribution in [0.4, 0.5) is 10.1 Å². The molecule has 0 saturated heterocycles. The predicted octanol–water partition coefficient (Wildman–Crippen LogP) is 3.84. The quantitative estimate of drug-likeness (QED) is 0.823. The van der Waals surface area contributed by atoms with E-state index in [4.69, 9.17) is 18.0 Å². The molecule has 0 aliphatic heterocycles. The smallest absolute Gasteiger partial charge is 0.135 e. The normalized spacial score (nSPS) is 23.1. The number of nitrogens with two attached hydrogens (primary N) is 1. The molecule has 104 valence electrons. The third-order valence-electron chi connectivity index (χ3n) is 4.03. The minimum absolute atomic E-state index is 0.104. The first-order chi connectivity index (χ1) is 9.10. The summed E-state index contributed by atoms with van der Waals surface area (Å²) in [7, 11) is 0. The number of hydrogen-bond acceptors (Lipinski definition) is 2. The third-order valence-corrected chi connectivity index (χ3v) is 4.25. The lowest BCUT2D eigenvalue weighted by Crippen LogP contribution is -2.26. The monoisotopic (exact) mass is 280 g/mol. The molecule has 0 heterocycles. The van der Waals surface area contributed by atoms with Gasteiger partial charge in [-0.15, -0.1) is 0 Å². The van der Waals surface area contributed by atoms with Crippen LogP contribution in [0, 0.1) is 11.7 Å². The van der Waals surface area contributed by atoms with Crippen molar-refractivity contribution in [3.63, 3.8) is 0 Å². The first kappa shape index (κ1) is 14.3. The molecule has 1 aromatic carbocycles. The SMILES string of the molecule is CCC1CCC(Nc2ccc(C(N)=S)c(F)c2)CC1. The van der Waals surface area contributed by atoms with Gasteiger partial charge in [-0.1, -0.05) is 25.6 Å². The van der Waals surface area contributed by atoms with E-state index in [1.54, 1.807) is 6.07 Å². The molecular weight excluding hydrogens is 259 g/mol. The van der Waals surface area contributed by atoms with Gasteiger partial charge in [-0.25, -0.2) is 4.39 Å². The van der Waals surface area contributed by atoms with Crippen molar-refractivity contribution in [3.8, 4) is 0 Å². The van der Waals surface area contributed by atoms with Crippen LogP contribution in [0.15, 0.2) is 18.2 Å². The fourth-order valence-corrected chi connectivity index (χ4v) is 2.92. The summed E-state index contributed by atoms with van der Waals surface area (Å²) in [5.41, 5.74) is 6.58. The Kier molecular flexibility index (Phi) is 4.75. The number of anilines is 1. The van der Waals surface area contributed by atoms with Crippen molar-refractivity contribution in [3.05, 3.63) is 29.6 Å². The highest BCUT2D eigenvalue weighted by Gasteiger charge is 2.20. The molecule has 0 atom stereocenters. The second kappa shape index (κ2) is 6.33. The molecule has 1 aliphatic rings. The van der Waals surface area contributed by atoms with E-state index < -0.39 is 0 Å². The molecular formula is C15H21FN2S. The van der Waals surface area contributed by atoms with Crippen molar-refractivity contribution in [1.82, 2.24) is 0 Å². The molecule has 0 spiro atoms. The number of rotatable bonds is 4. The minimum atomic E-state index is -0.347. The van der Waals surface area contributed by atoms with Gasteiger partial charge in [-0.2, -0.15) is 0 Å². The molecule has 1 saturated carbocycles. The largest absolute Gasteiger partial charge is 0.389 e. The molecule has 0 bridgehead atoms. The molecule has 0 unspecified atom stereocenters. The number of benzene rings is 1.